The van der Waals surface area contributed by atoms with Gasteiger partial charge in [0.15, 0.2) is 0 Å². The third kappa shape index (κ3) is 7.84. The van der Waals surface area contributed by atoms with Crippen molar-refractivity contribution in [3.05, 3.63) is 267 Å². The Bertz CT molecular complexity index is 4520. The predicted octanol–water partition coefficient (Wildman–Crippen LogP) is 15.4. The van der Waals surface area contributed by atoms with Gasteiger partial charge < -0.3 is 0 Å². The molecule has 0 N–H and O–H groups in total. The number of benzene rings is 10. The highest BCUT2D eigenvalue weighted by molar-refractivity contribution is 5.88. The van der Waals surface area contributed by atoms with E-state index in [1.807, 2.05) is 86.0 Å². The highest BCUT2D eigenvalue weighted by Gasteiger charge is 2.19. The highest BCUT2D eigenvalue weighted by Crippen LogP contribution is 2.37. The maximum Gasteiger partial charge on any atom is 0.111 e. The monoisotopic (exact) mass is 1030 g/mol. The van der Waals surface area contributed by atoms with E-state index in [1.165, 1.54) is 0 Å². The molecule has 0 aliphatic heterocycles. The van der Waals surface area contributed by atoms with Crippen LogP contribution in [-0.4, -0.2) is 57.3 Å². The molecule has 16 rings (SSSR count). The molecule has 12 heteroatoms. The number of imidazole rings is 6. The van der Waals surface area contributed by atoms with Crippen LogP contribution in [0.25, 0.3) is 123 Å². The first-order valence-electron chi connectivity index (χ1n) is 26.6. The van der Waals surface area contributed by atoms with Crippen LogP contribution in [0.4, 0.5) is 0 Å². The molecular formula is C68H48N12. The Morgan fingerprint density at radius 1 is 0.263 bits per heavy atom. The molecule has 0 fully saturated rings. The predicted molar refractivity (Wildman–Crippen MR) is 321 cm³/mol. The van der Waals surface area contributed by atoms with E-state index >= 15 is 0 Å². The standard InChI is InChI=1S/2C34H24N6/c2*1-23-37-30-13-5-9-17-34(30)40(23)31-14-6-2-10-27(31)24-18-25(38-21-35-28-11-3-7-15-32(28)38)20-26(19-24)39-22-36-29-12-4-8-16-33(29)39/h2*2-22H,1H3. The zero-order chi connectivity index (χ0) is 53.3. The molecule has 0 bridgehead atoms. The molecule has 0 radical (unpaired) electrons. The third-order valence-corrected chi connectivity index (χ3v) is 15.1. The zero-order valence-corrected chi connectivity index (χ0v) is 43.6. The second kappa shape index (κ2) is 18.9. The molecule has 0 atom stereocenters. The SMILES string of the molecule is Cc1nc2ccccc2n1-c1ccccc1-c1cc(-n2cnc3ccccc32)cc(-n2cnc3ccccc32)c1.Cc1nc2ccccc2n1-c1ccccc1-c1cc(-n2cnc3ccccc32)cc(-n2cnc3ccccc32)c1. The van der Waals surface area contributed by atoms with Gasteiger partial charge in [0.1, 0.15) is 37.0 Å². The lowest BCUT2D eigenvalue weighted by molar-refractivity contribution is 1.00. The van der Waals surface area contributed by atoms with E-state index in [2.05, 4.69) is 231 Å². The largest absolute Gasteiger partial charge is 0.299 e. The number of fused-ring (bicyclic) bond motifs is 6. The van der Waals surface area contributed by atoms with Gasteiger partial charge in [-0.2, -0.15) is 0 Å². The minimum Gasteiger partial charge on any atom is -0.299 e. The van der Waals surface area contributed by atoms with Crippen molar-refractivity contribution in [1.82, 2.24) is 57.3 Å². The molecule has 0 unspecified atom stereocenters. The maximum atomic E-state index is 4.85. The van der Waals surface area contributed by atoms with Crippen LogP contribution >= 0.6 is 0 Å². The summed E-state index contributed by atoms with van der Waals surface area (Å²) in [4.78, 5) is 28.4. The van der Waals surface area contributed by atoms with Gasteiger partial charge in [0.05, 0.1) is 77.6 Å². The Morgan fingerprint density at radius 3 is 0.850 bits per heavy atom. The van der Waals surface area contributed by atoms with Crippen molar-refractivity contribution < 1.29 is 0 Å². The molecule has 10 aromatic carbocycles. The Kier molecular flexibility index (Phi) is 11.0. The van der Waals surface area contributed by atoms with Gasteiger partial charge in [-0.3, -0.25) is 27.4 Å². The number of para-hydroxylation sites is 14. The Balaban J connectivity index is 0.000000138. The Labute approximate surface area is 459 Å². The summed E-state index contributed by atoms with van der Waals surface area (Å²) in [5.41, 5.74) is 22.9. The summed E-state index contributed by atoms with van der Waals surface area (Å²) in [5, 5.41) is 0. The van der Waals surface area contributed by atoms with E-state index in [9.17, 15) is 0 Å². The highest BCUT2D eigenvalue weighted by atomic mass is 15.1. The summed E-state index contributed by atoms with van der Waals surface area (Å²) in [6, 6.07) is 79.9. The molecule has 0 saturated heterocycles. The van der Waals surface area contributed by atoms with Gasteiger partial charge >= 0.3 is 0 Å². The van der Waals surface area contributed by atoms with Crippen molar-refractivity contribution in [2.75, 3.05) is 0 Å². The Hall–Kier alpha value is -11.0. The van der Waals surface area contributed by atoms with E-state index in [0.29, 0.717) is 0 Å². The minimum absolute atomic E-state index is 0.950. The fourth-order valence-electron chi connectivity index (χ4n) is 11.4. The smallest absolute Gasteiger partial charge is 0.111 e. The molecule has 6 heterocycles. The number of hydrogen-bond donors (Lipinski definition) is 0. The van der Waals surface area contributed by atoms with Gasteiger partial charge in [0.25, 0.3) is 0 Å². The van der Waals surface area contributed by atoms with Crippen molar-refractivity contribution >= 4 is 66.2 Å². The van der Waals surface area contributed by atoms with Gasteiger partial charge in [0.2, 0.25) is 0 Å². The average Bonchev–Trinajstić information content (AvgIpc) is 4.41. The topological polar surface area (TPSA) is 107 Å². The number of nitrogens with zero attached hydrogens (tertiary/aromatic N) is 12. The fraction of sp³-hybridized carbons (Fsp3) is 0.0294. The third-order valence-electron chi connectivity index (χ3n) is 15.1. The summed E-state index contributed by atoms with van der Waals surface area (Å²) < 4.78 is 13.1. The van der Waals surface area contributed by atoms with Gasteiger partial charge in [-0.05, 0) is 146 Å². The van der Waals surface area contributed by atoms with Crippen LogP contribution in [0.15, 0.2) is 256 Å². The second-order valence-corrected chi connectivity index (χ2v) is 19.9. The molecule has 0 aliphatic carbocycles. The molecule has 6 aromatic heterocycles. The van der Waals surface area contributed by atoms with Crippen LogP contribution in [0.2, 0.25) is 0 Å². The van der Waals surface area contributed by atoms with Crippen LogP contribution in [0.3, 0.4) is 0 Å². The summed E-state index contributed by atoms with van der Waals surface area (Å²) in [6.07, 6.45) is 7.61. The van der Waals surface area contributed by atoms with Crippen LogP contribution in [-0.2, 0) is 0 Å². The van der Waals surface area contributed by atoms with E-state index in [4.69, 9.17) is 9.97 Å². The molecule has 16 aromatic rings. The van der Waals surface area contributed by atoms with Crippen molar-refractivity contribution in [2.24, 2.45) is 0 Å². The lowest BCUT2D eigenvalue weighted by Gasteiger charge is -2.17. The van der Waals surface area contributed by atoms with Crippen LogP contribution in [0, 0.1) is 13.8 Å². The van der Waals surface area contributed by atoms with Gasteiger partial charge in [-0.15, -0.1) is 0 Å². The molecule has 0 aliphatic rings. The number of aromatic nitrogens is 12. The summed E-state index contributed by atoms with van der Waals surface area (Å²) in [5.74, 6) is 1.90. The van der Waals surface area contributed by atoms with Crippen LogP contribution in [0.5, 0.6) is 0 Å². The van der Waals surface area contributed by atoms with Crippen molar-refractivity contribution in [1.29, 1.82) is 0 Å². The zero-order valence-electron chi connectivity index (χ0n) is 43.6. The summed E-state index contributed by atoms with van der Waals surface area (Å²) in [6.45, 7) is 4.13. The first-order chi connectivity index (χ1) is 39.5. The van der Waals surface area contributed by atoms with E-state index < -0.39 is 0 Å². The fourth-order valence-corrected chi connectivity index (χ4v) is 11.4. The average molecular weight is 1030 g/mol. The van der Waals surface area contributed by atoms with E-state index in [0.717, 1.165) is 134 Å². The summed E-state index contributed by atoms with van der Waals surface area (Å²) in [7, 11) is 0. The number of hydrogen-bond acceptors (Lipinski definition) is 6. The quantitative estimate of drug-likeness (QED) is 0.150. The van der Waals surface area contributed by atoms with Gasteiger partial charge in [0, 0.05) is 33.9 Å². The maximum absolute atomic E-state index is 4.85. The van der Waals surface area contributed by atoms with Crippen LogP contribution in [0.1, 0.15) is 11.6 Å². The minimum atomic E-state index is 0.950. The van der Waals surface area contributed by atoms with Crippen LogP contribution < -0.4 is 0 Å². The van der Waals surface area contributed by atoms with E-state index in [-0.39, 0.29) is 0 Å². The first-order valence-corrected chi connectivity index (χ1v) is 26.6. The molecule has 380 valence electrons. The number of aryl methyl sites for hydroxylation is 2. The first kappa shape index (κ1) is 46.3. The molecule has 12 nitrogen and oxygen atoms in total. The number of rotatable bonds is 8. The van der Waals surface area contributed by atoms with Crippen molar-refractivity contribution in [3.8, 4) is 56.4 Å². The summed E-state index contributed by atoms with van der Waals surface area (Å²) >= 11 is 0. The van der Waals surface area contributed by atoms with Gasteiger partial charge in [-0.25, -0.2) is 29.9 Å². The van der Waals surface area contributed by atoms with Gasteiger partial charge in [-0.1, -0.05) is 109 Å². The molecule has 80 heavy (non-hydrogen) atoms. The molecule has 0 saturated carbocycles. The second-order valence-electron chi connectivity index (χ2n) is 19.9. The molecular weight excluding hydrogens is 985 g/mol. The normalized spacial score (nSPS) is 11.6. The molecule has 0 spiro atoms. The van der Waals surface area contributed by atoms with E-state index in [1.54, 1.807) is 0 Å². The lowest BCUT2D eigenvalue weighted by Crippen LogP contribution is -2.02. The lowest BCUT2D eigenvalue weighted by atomic mass is 10.0. The van der Waals surface area contributed by atoms with Crippen molar-refractivity contribution in [3.63, 3.8) is 0 Å². The Morgan fingerprint density at radius 2 is 0.525 bits per heavy atom. The van der Waals surface area contributed by atoms with Crippen molar-refractivity contribution in [2.45, 2.75) is 13.8 Å². The molecule has 0 amide bonds.